The van der Waals surface area contributed by atoms with E-state index in [0.29, 0.717) is 28.6 Å². The van der Waals surface area contributed by atoms with E-state index in [9.17, 15) is 4.79 Å². The van der Waals surface area contributed by atoms with Crippen LogP contribution in [0.1, 0.15) is 45.3 Å². The fourth-order valence-corrected chi connectivity index (χ4v) is 4.08. The summed E-state index contributed by atoms with van der Waals surface area (Å²) < 4.78 is 12.4. The van der Waals surface area contributed by atoms with E-state index in [4.69, 9.17) is 14.9 Å². The number of carbonyl (C=O) groups is 1. The molecule has 1 aliphatic rings. The van der Waals surface area contributed by atoms with Crippen LogP contribution in [-0.4, -0.2) is 36.0 Å². The van der Waals surface area contributed by atoms with Gasteiger partial charge in [-0.2, -0.15) is 0 Å². The molecular formula is C23H23N9O3. The van der Waals surface area contributed by atoms with Crippen LogP contribution in [0, 0.1) is 0 Å². The van der Waals surface area contributed by atoms with Crippen molar-refractivity contribution in [2.24, 2.45) is 0 Å². The van der Waals surface area contributed by atoms with E-state index in [1.807, 2.05) is 33.0 Å². The van der Waals surface area contributed by atoms with Gasteiger partial charge in [-0.25, -0.2) is 19.4 Å². The fourth-order valence-electron chi connectivity index (χ4n) is 4.08. The maximum absolute atomic E-state index is 12.6. The zero-order valence-corrected chi connectivity index (χ0v) is 19.4. The number of rotatable bonds is 4. The van der Waals surface area contributed by atoms with E-state index in [-0.39, 0.29) is 11.3 Å². The van der Waals surface area contributed by atoms with Gasteiger partial charge in [-0.3, -0.25) is 5.32 Å². The van der Waals surface area contributed by atoms with Gasteiger partial charge in [0.15, 0.2) is 5.52 Å². The summed E-state index contributed by atoms with van der Waals surface area (Å²) in [6, 6.07) is 5.15. The molecule has 1 aromatic carbocycles. The van der Waals surface area contributed by atoms with E-state index in [0.717, 1.165) is 40.7 Å². The van der Waals surface area contributed by atoms with Crippen LogP contribution in [-0.2, 0) is 5.41 Å². The van der Waals surface area contributed by atoms with Crippen molar-refractivity contribution in [3.63, 3.8) is 0 Å². The number of hydrogen-bond donors (Lipinski definition) is 3. The van der Waals surface area contributed by atoms with Crippen LogP contribution in [0.25, 0.3) is 33.2 Å². The number of fused-ring (bicyclic) bond motifs is 2. The predicted octanol–water partition coefficient (Wildman–Crippen LogP) is 4.48. The largest absolute Gasteiger partial charge is 0.383 e. The Bertz CT molecular complexity index is 1590. The van der Waals surface area contributed by atoms with Crippen molar-refractivity contribution in [1.29, 1.82) is 0 Å². The first-order valence-corrected chi connectivity index (χ1v) is 11.2. The number of nitrogens with zero attached hydrogens (tertiary/aromatic N) is 6. The minimum Gasteiger partial charge on any atom is -0.383 e. The molecule has 35 heavy (non-hydrogen) atoms. The lowest BCUT2D eigenvalue weighted by atomic mass is 9.92. The lowest BCUT2D eigenvalue weighted by Gasteiger charge is -2.12. The molecule has 0 saturated heterocycles. The smallest absolute Gasteiger partial charge is 0.326 e. The number of amides is 2. The number of anilines is 3. The van der Waals surface area contributed by atoms with Crippen molar-refractivity contribution in [2.75, 3.05) is 16.4 Å². The number of carbonyl (C=O) groups excluding carboxylic acids is 1. The number of nitrogens with one attached hydrogen (secondary N) is 2. The molecule has 2 amide bonds. The molecule has 1 saturated carbocycles. The lowest BCUT2D eigenvalue weighted by Crippen LogP contribution is -2.19. The summed E-state index contributed by atoms with van der Waals surface area (Å²) in [6.07, 6.45) is 5.68. The Morgan fingerprint density at radius 3 is 2.63 bits per heavy atom. The normalized spacial score (nSPS) is 14.0. The molecule has 5 aromatic rings. The van der Waals surface area contributed by atoms with Gasteiger partial charge in [-0.05, 0) is 35.3 Å². The van der Waals surface area contributed by atoms with E-state index in [1.165, 1.54) is 6.33 Å². The van der Waals surface area contributed by atoms with E-state index in [2.05, 4.69) is 40.6 Å². The summed E-state index contributed by atoms with van der Waals surface area (Å²) in [4.78, 5) is 21.3. The quantitative estimate of drug-likeness (QED) is 0.341. The molecular weight excluding hydrogens is 450 g/mol. The van der Waals surface area contributed by atoms with E-state index < -0.39 is 6.03 Å². The maximum Gasteiger partial charge on any atom is 0.326 e. The number of benzene rings is 1. The van der Waals surface area contributed by atoms with Gasteiger partial charge in [0.05, 0.1) is 16.8 Å². The Labute approximate surface area is 198 Å². The third-order valence-electron chi connectivity index (χ3n) is 6.05. The topological polar surface area (TPSA) is 163 Å². The maximum atomic E-state index is 12.6. The highest BCUT2D eigenvalue weighted by Crippen LogP contribution is 2.43. The van der Waals surface area contributed by atoms with Gasteiger partial charge >= 0.3 is 6.03 Å². The Hall–Kier alpha value is -4.48. The predicted molar refractivity (Wildman–Crippen MR) is 129 cm³/mol. The van der Waals surface area contributed by atoms with Gasteiger partial charge in [0.2, 0.25) is 5.88 Å². The van der Waals surface area contributed by atoms with Crippen molar-refractivity contribution in [1.82, 2.24) is 30.0 Å². The van der Waals surface area contributed by atoms with Crippen LogP contribution >= 0.6 is 0 Å². The molecule has 6 rings (SSSR count). The Morgan fingerprint density at radius 1 is 1.09 bits per heavy atom. The standard InChI is InChI=1S/C23H23N9O3/c1-23(2,3)15-8-16(34-29-15)28-22(33)27-14-7-6-12(18-19(14)31-35-30-18)13-9-32(11-4-5-11)21-17(13)20(24)25-10-26-21/h6-11H,4-5H2,1-3H3,(H2,24,25,26)(H2,27,28,33). The van der Waals surface area contributed by atoms with Crippen molar-refractivity contribution in [2.45, 2.75) is 45.1 Å². The zero-order valence-electron chi connectivity index (χ0n) is 19.4. The highest BCUT2D eigenvalue weighted by Gasteiger charge is 2.29. The van der Waals surface area contributed by atoms with Gasteiger partial charge in [0, 0.05) is 34.8 Å². The summed E-state index contributed by atoms with van der Waals surface area (Å²) in [7, 11) is 0. The third-order valence-corrected chi connectivity index (χ3v) is 6.05. The van der Waals surface area contributed by atoms with Crippen molar-refractivity contribution in [3.05, 3.63) is 36.4 Å². The SMILES string of the molecule is CC(C)(C)c1cc(NC(=O)Nc2ccc(-c3cn(C4CC4)c4ncnc(N)c34)c3nonc23)on1. The van der Waals surface area contributed by atoms with Gasteiger partial charge in [0.1, 0.15) is 23.3 Å². The molecule has 0 radical (unpaired) electrons. The first-order chi connectivity index (χ1) is 16.8. The molecule has 0 atom stereocenters. The monoisotopic (exact) mass is 473 g/mol. The van der Waals surface area contributed by atoms with E-state index in [1.54, 1.807) is 12.1 Å². The molecule has 1 fully saturated rings. The summed E-state index contributed by atoms with van der Waals surface area (Å²) in [6.45, 7) is 6.02. The molecule has 12 heteroatoms. The van der Waals surface area contributed by atoms with Gasteiger partial charge in [-0.15, -0.1) is 0 Å². The summed E-state index contributed by atoms with van der Waals surface area (Å²) in [5.74, 6) is 0.624. The van der Waals surface area contributed by atoms with Crippen LogP contribution in [0.2, 0.25) is 0 Å². The average molecular weight is 473 g/mol. The van der Waals surface area contributed by atoms with Crippen LogP contribution < -0.4 is 16.4 Å². The number of nitrogens with two attached hydrogens (primary N) is 1. The minimum absolute atomic E-state index is 0.203. The first kappa shape index (κ1) is 21.1. The molecule has 4 N–H and O–H groups in total. The minimum atomic E-state index is -0.512. The van der Waals surface area contributed by atoms with Crippen molar-refractivity contribution >= 4 is 45.5 Å². The molecule has 4 heterocycles. The number of aromatic nitrogens is 6. The summed E-state index contributed by atoms with van der Waals surface area (Å²) in [5.41, 5.74) is 10.4. The van der Waals surface area contributed by atoms with Crippen molar-refractivity contribution in [3.8, 4) is 11.1 Å². The highest BCUT2D eigenvalue weighted by molar-refractivity contribution is 6.10. The molecule has 0 bridgehead atoms. The number of hydrogen-bond acceptors (Lipinski definition) is 9. The zero-order chi connectivity index (χ0) is 24.3. The van der Waals surface area contributed by atoms with Crippen LogP contribution in [0.5, 0.6) is 0 Å². The Balaban J connectivity index is 1.34. The fraction of sp³-hybridized carbons (Fsp3) is 0.304. The molecule has 178 valence electrons. The van der Waals surface area contributed by atoms with Crippen molar-refractivity contribution < 1.29 is 13.9 Å². The number of nitrogen functional groups attached to an aromatic ring is 1. The van der Waals surface area contributed by atoms with Crippen LogP contribution in [0.15, 0.2) is 39.9 Å². The van der Waals surface area contributed by atoms with Crippen LogP contribution in [0.3, 0.4) is 0 Å². The molecule has 0 aliphatic heterocycles. The lowest BCUT2D eigenvalue weighted by molar-refractivity contribution is 0.261. The molecule has 12 nitrogen and oxygen atoms in total. The number of urea groups is 1. The van der Waals surface area contributed by atoms with Gasteiger partial charge in [-0.1, -0.05) is 25.9 Å². The molecule has 0 spiro atoms. The second kappa shape index (κ2) is 7.52. The summed E-state index contributed by atoms with van der Waals surface area (Å²) >= 11 is 0. The second-order valence-electron chi connectivity index (χ2n) is 9.67. The first-order valence-electron chi connectivity index (χ1n) is 11.2. The Morgan fingerprint density at radius 2 is 1.89 bits per heavy atom. The van der Waals surface area contributed by atoms with Crippen LogP contribution in [0.4, 0.5) is 22.2 Å². The van der Waals surface area contributed by atoms with Gasteiger partial charge in [0.25, 0.3) is 0 Å². The summed E-state index contributed by atoms with van der Waals surface area (Å²) in [5, 5.41) is 18.3. The third kappa shape index (κ3) is 3.63. The Kier molecular flexibility index (Phi) is 4.53. The molecule has 4 aromatic heterocycles. The average Bonchev–Trinajstić information content (AvgIpc) is 3.20. The molecule has 0 unspecified atom stereocenters. The highest BCUT2D eigenvalue weighted by atomic mass is 16.6. The molecule has 1 aliphatic carbocycles. The van der Waals surface area contributed by atoms with E-state index >= 15 is 0 Å². The van der Waals surface area contributed by atoms with Gasteiger partial charge < -0.3 is 20.1 Å². The second-order valence-corrected chi connectivity index (χ2v) is 9.67.